The van der Waals surface area contributed by atoms with Gasteiger partial charge in [-0.05, 0) is 11.1 Å². The summed E-state index contributed by atoms with van der Waals surface area (Å²) in [5.74, 6) is -1.93. The molecule has 0 aromatic heterocycles. The lowest BCUT2D eigenvalue weighted by atomic mass is 9.96. The SMILES string of the molecule is [NH3+]C(Cc1ccccc1CC([NH3+])C(=O)O)C(=O)O. The van der Waals surface area contributed by atoms with Gasteiger partial charge in [-0.15, -0.1) is 0 Å². The van der Waals surface area contributed by atoms with Crippen LogP contribution in [0.2, 0.25) is 0 Å². The van der Waals surface area contributed by atoms with Crippen LogP contribution in [0.5, 0.6) is 0 Å². The van der Waals surface area contributed by atoms with Crippen molar-refractivity contribution in [3.05, 3.63) is 35.4 Å². The molecule has 6 heteroatoms. The highest BCUT2D eigenvalue weighted by Crippen LogP contribution is 2.12. The van der Waals surface area contributed by atoms with Gasteiger partial charge in [-0.1, -0.05) is 24.3 Å². The van der Waals surface area contributed by atoms with Crippen LogP contribution in [-0.4, -0.2) is 34.2 Å². The van der Waals surface area contributed by atoms with Gasteiger partial charge in [0, 0.05) is 12.8 Å². The molecule has 8 N–H and O–H groups in total. The van der Waals surface area contributed by atoms with Gasteiger partial charge in [-0.2, -0.15) is 0 Å². The van der Waals surface area contributed by atoms with Gasteiger partial charge in [-0.25, -0.2) is 9.59 Å². The van der Waals surface area contributed by atoms with E-state index in [-0.39, 0.29) is 12.8 Å². The van der Waals surface area contributed by atoms with Gasteiger partial charge in [0.25, 0.3) is 0 Å². The Kier molecular flexibility index (Phi) is 4.82. The van der Waals surface area contributed by atoms with E-state index in [0.29, 0.717) is 0 Å². The molecular formula is C12H18N2O4+2. The second-order valence-electron chi connectivity index (χ2n) is 4.25. The fraction of sp³-hybridized carbons (Fsp3) is 0.333. The summed E-state index contributed by atoms with van der Waals surface area (Å²) in [6, 6.07) is 5.72. The van der Waals surface area contributed by atoms with E-state index in [1.807, 2.05) is 0 Å². The molecule has 2 atom stereocenters. The number of rotatable bonds is 6. The van der Waals surface area contributed by atoms with Crippen molar-refractivity contribution in [3.63, 3.8) is 0 Å². The summed E-state index contributed by atoms with van der Waals surface area (Å²) in [6.07, 6.45) is 0.579. The second-order valence-corrected chi connectivity index (χ2v) is 4.25. The largest absolute Gasteiger partial charge is 0.477 e. The molecule has 0 aliphatic heterocycles. The van der Waals surface area contributed by atoms with Crippen molar-refractivity contribution in [2.75, 3.05) is 0 Å². The Morgan fingerprint density at radius 1 is 0.944 bits per heavy atom. The smallest absolute Gasteiger partial charge is 0.362 e. The minimum Gasteiger partial charge on any atom is -0.477 e. The summed E-state index contributed by atoms with van der Waals surface area (Å²) < 4.78 is 0. The van der Waals surface area contributed by atoms with Crippen molar-refractivity contribution >= 4 is 11.9 Å². The van der Waals surface area contributed by atoms with E-state index >= 15 is 0 Å². The first-order valence-corrected chi connectivity index (χ1v) is 5.60. The standard InChI is InChI=1S/C12H16N2O4/c13-9(11(15)16)5-7-3-1-2-4-8(7)6-10(14)12(17)18/h1-4,9-10H,5-6,13-14H2,(H,15,16)(H,17,18)/p+2. The molecule has 0 aliphatic carbocycles. The molecule has 1 aromatic rings. The monoisotopic (exact) mass is 254 g/mol. The molecule has 0 amide bonds. The van der Waals surface area contributed by atoms with Crippen molar-refractivity contribution in [2.45, 2.75) is 24.9 Å². The number of hydrogen-bond acceptors (Lipinski definition) is 2. The summed E-state index contributed by atoms with van der Waals surface area (Å²) in [6.45, 7) is 0. The van der Waals surface area contributed by atoms with E-state index < -0.39 is 24.0 Å². The summed E-state index contributed by atoms with van der Waals surface area (Å²) >= 11 is 0. The molecule has 0 heterocycles. The second kappa shape index (κ2) is 6.13. The third-order valence-electron chi connectivity index (χ3n) is 2.75. The lowest BCUT2D eigenvalue weighted by Gasteiger charge is -2.11. The Bertz CT molecular complexity index is 406. The van der Waals surface area contributed by atoms with Gasteiger partial charge in [0.1, 0.15) is 0 Å². The van der Waals surface area contributed by atoms with Gasteiger partial charge in [-0.3, -0.25) is 0 Å². The van der Waals surface area contributed by atoms with Crippen LogP contribution < -0.4 is 11.5 Å². The molecule has 0 bridgehead atoms. The van der Waals surface area contributed by atoms with Gasteiger partial charge >= 0.3 is 11.9 Å². The number of hydrogen-bond donors (Lipinski definition) is 4. The van der Waals surface area contributed by atoms with Crippen LogP contribution >= 0.6 is 0 Å². The minimum atomic E-state index is -0.964. The lowest BCUT2D eigenvalue weighted by molar-refractivity contribution is -0.408. The highest BCUT2D eigenvalue weighted by atomic mass is 16.4. The molecule has 18 heavy (non-hydrogen) atoms. The normalized spacial score (nSPS) is 13.9. The molecule has 1 rings (SSSR count). The molecule has 0 saturated carbocycles. The van der Waals surface area contributed by atoms with Gasteiger partial charge in [0.15, 0.2) is 12.1 Å². The maximum Gasteiger partial charge on any atom is 0.362 e. The zero-order chi connectivity index (χ0) is 13.7. The predicted octanol–water partition coefficient (Wildman–Crippen LogP) is -1.84. The molecule has 1 aromatic carbocycles. The first kappa shape index (κ1) is 14.1. The number of quaternary nitrogens is 2. The zero-order valence-corrected chi connectivity index (χ0v) is 10.0. The fourth-order valence-corrected chi connectivity index (χ4v) is 1.66. The van der Waals surface area contributed by atoms with Gasteiger partial charge in [0.2, 0.25) is 0 Å². The maximum atomic E-state index is 10.8. The summed E-state index contributed by atoms with van der Waals surface area (Å²) in [4.78, 5) is 21.6. The first-order chi connectivity index (χ1) is 8.41. The maximum absolute atomic E-state index is 10.8. The third-order valence-corrected chi connectivity index (χ3v) is 2.75. The number of carboxylic acid groups (broad SMARTS) is 2. The average Bonchev–Trinajstić information content (AvgIpc) is 2.31. The fourth-order valence-electron chi connectivity index (χ4n) is 1.66. The summed E-state index contributed by atoms with van der Waals surface area (Å²) in [7, 11) is 0. The van der Waals surface area contributed by atoms with E-state index in [1.165, 1.54) is 0 Å². The third kappa shape index (κ3) is 3.83. The van der Waals surface area contributed by atoms with Gasteiger partial charge in [0.05, 0.1) is 0 Å². The number of carboxylic acids is 2. The van der Waals surface area contributed by atoms with Crippen LogP contribution in [0.4, 0.5) is 0 Å². The van der Waals surface area contributed by atoms with Crippen LogP contribution in [0, 0.1) is 0 Å². The molecular weight excluding hydrogens is 236 g/mol. The van der Waals surface area contributed by atoms with Crippen molar-refractivity contribution in [1.29, 1.82) is 0 Å². The molecule has 0 radical (unpaired) electrons. The molecule has 6 nitrogen and oxygen atoms in total. The molecule has 2 unspecified atom stereocenters. The summed E-state index contributed by atoms with van der Waals surface area (Å²) in [5.41, 5.74) is 8.74. The van der Waals surface area contributed by atoms with E-state index in [9.17, 15) is 9.59 Å². The Balaban J connectivity index is 2.86. The van der Waals surface area contributed by atoms with E-state index in [0.717, 1.165) is 11.1 Å². The number of benzene rings is 1. The topological polar surface area (TPSA) is 130 Å². The molecule has 0 aliphatic rings. The molecule has 98 valence electrons. The van der Waals surface area contributed by atoms with E-state index in [2.05, 4.69) is 11.5 Å². The quantitative estimate of drug-likeness (QED) is 0.475. The first-order valence-electron chi connectivity index (χ1n) is 5.60. The van der Waals surface area contributed by atoms with Crippen LogP contribution in [0.3, 0.4) is 0 Å². The Hall–Kier alpha value is -1.92. The van der Waals surface area contributed by atoms with Crippen molar-refractivity contribution in [1.82, 2.24) is 0 Å². The Morgan fingerprint density at radius 2 is 1.28 bits per heavy atom. The van der Waals surface area contributed by atoms with Crippen molar-refractivity contribution in [2.24, 2.45) is 0 Å². The van der Waals surface area contributed by atoms with Crippen LogP contribution in [0.15, 0.2) is 24.3 Å². The molecule has 0 fully saturated rings. The predicted molar refractivity (Wildman–Crippen MR) is 62.5 cm³/mol. The average molecular weight is 254 g/mol. The highest BCUT2D eigenvalue weighted by molar-refractivity contribution is 5.73. The van der Waals surface area contributed by atoms with Crippen LogP contribution in [0.1, 0.15) is 11.1 Å². The highest BCUT2D eigenvalue weighted by Gasteiger charge is 2.21. The minimum absolute atomic E-state index is 0.290. The van der Waals surface area contributed by atoms with Crippen molar-refractivity contribution in [3.8, 4) is 0 Å². The molecule has 0 saturated heterocycles. The van der Waals surface area contributed by atoms with E-state index in [4.69, 9.17) is 10.2 Å². The summed E-state index contributed by atoms with van der Waals surface area (Å²) in [5, 5.41) is 17.7. The van der Waals surface area contributed by atoms with E-state index in [1.54, 1.807) is 24.3 Å². The van der Waals surface area contributed by atoms with Gasteiger partial charge < -0.3 is 21.7 Å². The Morgan fingerprint density at radius 3 is 1.56 bits per heavy atom. The van der Waals surface area contributed by atoms with Crippen LogP contribution in [-0.2, 0) is 22.4 Å². The number of carbonyl (C=O) groups is 2. The lowest BCUT2D eigenvalue weighted by Crippen LogP contribution is -2.66. The van der Waals surface area contributed by atoms with Crippen LogP contribution in [0.25, 0.3) is 0 Å². The Labute approximate surface area is 104 Å². The number of aliphatic carboxylic acids is 2. The zero-order valence-electron chi connectivity index (χ0n) is 10.0. The molecule has 0 spiro atoms. The van der Waals surface area contributed by atoms with Crippen molar-refractivity contribution < 1.29 is 31.3 Å².